The van der Waals surface area contributed by atoms with E-state index in [4.69, 9.17) is 24.2 Å². The summed E-state index contributed by atoms with van der Waals surface area (Å²) in [5.41, 5.74) is 4.32. The predicted octanol–water partition coefficient (Wildman–Crippen LogP) is 2.95. The van der Waals surface area contributed by atoms with E-state index >= 15 is 0 Å². The number of hydrogen-bond acceptors (Lipinski definition) is 7. The lowest BCUT2D eigenvalue weighted by atomic mass is 10.1. The molecule has 2 aromatic carbocycles. The molecule has 4 aromatic rings. The number of rotatable bonds is 3. The van der Waals surface area contributed by atoms with Gasteiger partial charge in [-0.2, -0.15) is 0 Å². The molecule has 4 heterocycles. The molecule has 0 radical (unpaired) electrons. The van der Waals surface area contributed by atoms with Crippen LogP contribution in [0.4, 0.5) is 0 Å². The second kappa shape index (κ2) is 8.11. The molecule has 34 heavy (non-hydrogen) atoms. The summed E-state index contributed by atoms with van der Waals surface area (Å²) in [7, 11) is 3.25. The van der Waals surface area contributed by atoms with Crippen LogP contribution in [-0.4, -0.2) is 64.1 Å². The third-order valence-corrected chi connectivity index (χ3v) is 6.88. The van der Waals surface area contributed by atoms with Gasteiger partial charge in [0.2, 0.25) is 5.88 Å². The number of aromatic nitrogens is 4. The van der Waals surface area contributed by atoms with Gasteiger partial charge in [-0.05, 0) is 30.7 Å². The number of ether oxygens (including phenoxy) is 3. The lowest BCUT2D eigenvalue weighted by Gasteiger charge is -2.21. The van der Waals surface area contributed by atoms with E-state index < -0.39 is 0 Å². The van der Waals surface area contributed by atoms with E-state index in [9.17, 15) is 4.79 Å². The van der Waals surface area contributed by atoms with E-state index in [1.54, 1.807) is 18.9 Å². The van der Waals surface area contributed by atoms with Crippen LogP contribution < -0.4 is 15.0 Å². The minimum Gasteiger partial charge on any atom is -0.487 e. The maximum absolute atomic E-state index is 13.1. The Hall–Kier alpha value is -3.43. The second-order valence-corrected chi connectivity index (χ2v) is 9.09. The molecule has 2 unspecified atom stereocenters. The van der Waals surface area contributed by atoms with Gasteiger partial charge in [-0.3, -0.25) is 19.5 Å². The first kappa shape index (κ1) is 21.1. The number of methoxy groups -OCH3 is 2. The van der Waals surface area contributed by atoms with E-state index in [1.807, 2.05) is 30.3 Å². The summed E-state index contributed by atoms with van der Waals surface area (Å²) in [4.78, 5) is 25.3. The molecule has 9 nitrogen and oxygen atoms in total. The van der Waals surface area contributed by atoms with Gasteiger partial charge < -0.3 is 14.2 Å². The zero-order chi connectivity index (χ0) is 23.4. The van der Waals surface area contributed by atoms with Crippen molar-refractivity contribution in [2.24, 2.45) is 0 Å². The highest BCUT2D eigenvalue weighted by atomic mass is 16.5. The Morgan fingerprint density at radius 3 is 2.91 bits per heavy atom. The molecule has 2 aromatic heterocycles. The molecule has 2 aliphatic rings. The second-order valence-electron chi connectivity index (χ2n) is 9.09. The topological polar surface area (TPSA) is 94.5 Å². The number of fused-ring (bicyclic) bond motifs is 5. The number of hydrogen-bond donors (Lipinski definition) is 1. The van der Waals surface area contributed by atoms with Crippen LogP contribution in [0.3, 0.4) is 0 Å². The van der Waals surface area contributed by atoms with Gasteiger partial charge in [0, 0.05) is 38.2 Å². The summed E-state index contributed by atoms with van der Waals surface area (Å²) in [6, 6.07) is 9.94. The van der Waals surface area contributed by atoms with Crippen LogP contribution in [0.5, 0.6) is 11.6 Å². The normalized spacial score (nSPS) is 21.8. The van der Waals surface area contributed by atoms with E-state index in [0.29, 0.717) is 52.9 Å². The minimum atomic E-state index is -0.0380. The van der Waals surface area contributed by atoms with Gasteiger partial charge in [-0.1, -0.05) is 12.1 Å². The Labute approximate surface area is 196 Å². The third-order valence-electron chi connectivity index (χ3n) is 6.88. The molecule has 0 amide bonds. The zero-order valence-corrected chi connectivity index (χ0v) is 19.5. The molecular weight excluding hydrogens is 434 g/mol. The fourth-order valence-corrected chi connectivity index (χ4v) is 5.21. The van der Waals surface area contributed by atoms with Gasteiger partial charge in [-0.15, -0.1) is 0 Å². The summed E-state index contributed by atoms with van der Waals surface area (Å²) < 4.78 is 19.3. The van der Waals surface area contributed by atoms with Crippen molar-refractivity contribution in [3.8, 4) is 22.9 Å². The largest absolute Gasteiger partial charge is 0.487 e. The molecule has 0 aliphatic carbocycles. The fourth-order valence-electron chi connectivity index (χ4n) is 5.21. The van der Waals surface area contributed by atoms with E-state index in [2.05, 4.69) is 16.9 Å². The summed E-state index contributed by atoms with van der Waals surface area (Å²) in [6.45, 7) is 4.76. The quantitative estimate of drug-likeness (QED) is 0.501. The maximum atomic E-state index is 13.1. The number of nitrogens with one attached hydrogen (secondary N) is 1. The molecule has 176 valence electrons. The number of para-hydroxylation sites is 1. The first-order valence-corrected chi connectivity index (χ1v) is 11.6. The first-order valence-electron chi connectivity index (χ1n) is 11.6. The fraction of sp³-hybridized carbons (Fsp3) is 0.400. The molecule has 0 saturated carbocycles. The van der Waals surface area contributed by atoms with Crippen molar-refractivity contribution in [1.29, 1.82) is 0 Å². The molecule has 6 bridgehead atoms. The molecule has 6 rings (SSSR count). The summed E-state index contributed by atoms with van der Waals surface area (Å²) in [6.07, 6.45) is 0.918. The number of benzene rings is 2. The van der Waals surface area contributed by atoms with E-state index in [-0.39, 0.29) is 11.7 Å². The van der Waals surface area contributed by atoms with Crippen molar-refractivity contribution in [2.75, 3.05) is 27.3 Å². The van der Waals surface area contributed by atoms with Crippen molar-refractivity contribution in [2.45, 2.75) is 38.6 Å². The number of H-pyrrole nitrogens is 1. The predicted molar refractivity (Wildman–Crippen MR) is 128 cm³/mol. The van der Waals surface area contributed by atoms with E-state index in [0.717, 1.165) is 36.2 Å². The Balaban J connectivity index is 1.66. The highest BCUT2D eigenvalue weighted by Gasteiger charge is 2.31. The monoisotopic (exact) mass is 461 g/mol. The Bertz CT molecular complexity index is 1460. The highest BCUT2D eigenvalue weighted by molar-refractivity contribution is 5.95. The van der Waals surface area contributed by atoms with Crippen molar-refractivity contribution < 1.29 is 14.2 Å². The van der Waals surface area contributed by atoms with Crippen molar-refractivity contribution in [3.63, 3.8) is 0 Å². The van der Waals surface area contributed by atoms with Crippen LogP contribution >= 0.6 is 0 Å². The van der Waals surface area contributed by atoms with Crippen molar-refractivity contribution in [3.05, 3.63) is 46.2 Å². The highest BCUT2D eigenvalue weighted by Crippen LogP contribution is 2.36. The average molecular weight is 462 g/mol. The van der Waals surface area contributed by atoms with Crippen LogP contribution in [0.15, 0.2) is 35.1 Å². The molecule has 1 saturated heterocycles. The Morgan fingerprint density at radius 2 is 2.09 bits per heavy atom. The molecular formula is C25H27N5O4. The summed E-state index contributed by atoms with van der Waals surface area (Å²) >= 11 is 0. The van der Waals surface area contributed by atoms with E-state index in [1.165, 1.54) is 0 Å². The molecule has 3 atom stereocenters. The minimum absolute atomic E-state index is 0.0186. The lowest BCUT2D eigenvalue weighted by molar-refractivity contribution is 0.182. The third kappa shape index (κ3) is 3.35. The van der Waals surface area contributed by atoms with Crippen molar-refractivity contribution in [1.82, 2.24) is 24.6 Å². The maximum Gasteiger partial charge on any atom is 0.274 e. The van der Waals surface area contributed by atoms with Gasteiger partial charge >= 0.3 is 0 Å². The van der Waals surface area contributed by atoms with Gasteiger partial charge in [0.05, 0.1) is 36.7 Å². The van der Waals surface area contributed by atoms with Crippen LogP contribution in [0.25, 0.3) is 33.2 Å². The van der Waals surface area contributed by atoms with Crippen molar-refractivity contribution >= 4 is 21.9 Å². The summed E-state index contributed by atoms with van der Waals surface area (Å²) in [5.74, 6) is 1.08. The smallest absolute Gasteiger partial charge is 0.274 e. The van der Waals surface area contributed by atoms with Gasteiger partial charge in [0.1, 0.15) is 23.1 Å². The molecule has 1 fully saturated rings. The first-order chi connectivity index (χ1) is 16.6. The molecule has 2 aliphatic heterocycles. The lowest BCUT2D eigenvalue weighted by Crippen LogP contribution is -2.33. The average Bonchev–Trinajstić information content (AvgIpc) is 3.35. The summed E-state index contributed by atoms with van der Waals surface area (Å²) in [5, 5.41) is 3.95. The van der Waals surface area contributed by atoms with Gasteiger partial charge in [0.25, 0.3) is 5.56 Å². The van der Waals surface area contributed by atoms with Crippen LogP contribution in [0, 0.1) is 0 Å². The standard InChI is InChI=1S/C25H27N5O4/c1-14-9-16-12-29(14)7-8-30-25(31)18-6-4-5-17(21(18)28-30)22-24(33-3)26-19-10-15(13-32-2)11-20(34-16)23(19)27-22/h4-6,10-11,14,16,28H,7-9,12-13H2,1-3H3/t14-,16?/m1/s1. The van der Waals surface area contributed by atoms with Gasteiger partial charge in [0.15, 0.2) is 0 Å². The SMILES string of the molecule is COCc1cc2c3nc(c(OC)nc3c1)-c1cccc3c(=O)n([nH]c13)CCN1CC(C[C@H]1C)O2. The van der Waals surface area contributed by atoms with Gasteiger partial charge in [-0.25, -0.2) is 9.97 Å². The Morgan fingerprint density at radius 1 is 1.21 bits per heavy atom. The number of nitrogens with zero attached hydrogens (tertiary/aromatic N) is 4. The van der Waals surface area contributed by atoms with Crippen LogP contribution in [0.1, 0.15) is 18.9 Å². The zero-order valence-electron chi connectivity index (χ0n) is 19.5. The van der Waals surface area contributed by atoms with Crippen LogP contribution in [-0.2, 0) is 17.9 Å². The van der Waals surface area contributed by atoms with Crippen LogP contribution in [0.2, 0.25) is 0 Å². The molecule has 1 N–H and O–H groups in total. The number of aromatic amines is 1. The Kier molecular flexibility index (Phi) is 5.04. The molecule has 9 heteroatoms. The molecule has 0 spiro atoms.